The van der Waals surface area contributed by atoms with Gasteiger partial charge in [0.25, 0.3) is 0 Å². The van der Waals surface area contributed by atoms with Crippen molar-refractivity contribution in [3.8, 4) is 0 Å². The monoisotopic (exact) mass is 479 g/mol. The predicted octanol–water partition coefficient (Wildman–Crippen LogP) is 4.23. The zero-order chi connectivity index (χ0) is 19.3. The SMILES string of the molecule is C=CC(OC(C)(C)C)C(CC=O)(Nc1cc(Cl)ccc1I)C(=O)OC. The number of nitrogens with one attached hydrogen (secondary N) is 1. The molecule has 2 unspecified atom stereocenters. The Labute approximate surface area is 167 Å². The first-order chi connectivity index (χ1) is 11.6. The Morgan fingerprint density at radius 1 is 1.44 bits per heavy atom. The highest BCUT2D eigenvalue weighted by molar-refractivity contribution is 14.1. The van der Waals surface area contributed by atoms with E-state index in [1.165, 1.54) is 13.2 Å². The van der Waals surface area contributed by atoms with Crippen molar-refractivity contribution in [3.05, 3.63) is 39.4 Å². The molecule has 0 amide bonds. The molecule has 2 atom stereocenters. The Morgan fingerprint density at radius 3 is 2.56 bits per heavy atom. The zero-order valence-corrected chi connectivity index (χ0v) is 17.7. The average Bonchev–Trinajstić information content (AvgIpc) is 2.53. The Hall–Kier alpha value is -1.12. The molecule has 0 aromatic heterocycles. The van der Waals surface area contributed by atoms with Crippen molar-refractivity contribution in [2.75, 3.05) is 12.4 Å². The summed E-state index contributed by atoms with van der Waals surface area (Å²) in [7, 11) is 1.27. The van der Waals surface area contributed by atoms with Gasteiger partial charge in [0.15, 0.2) is 5.54 Å². The summed E-state index contributed by atoms with van der Waals surface area (Å²) in [5.74, 6) is -0.621. The maximum Gasteiger partial charge on any atom is 0.335 e. The first-order valence-corrected chi connectivity index (χ1v) is 9.11. The first-order valence-electron chi connectivity index (χ1n) is 7.65. The van der Waals surface area contributed by atoms with Gasteiger partial charge >= 0.3 is 5.97 Å². The molecule has 1 aromatic carbocycles. The second kappa shape index (κ2) is 9.00. The third-order valence-electron chi connectivity index (χ3n) is 3.42. The van der Waals surface area contributed by atoms with Crippen LogP contribution in [-0.4, -0.2) is 36.6 Å². The fourth-order valence-corrected chi connectivity index (χ4v) is 3.01. The summed E-state index contributed by atoms with van der Waals surface area (Å²) in [4.78, 5) is 24.1. The van der Waals surface area contributed by atoms with Crippen molar-refractivity contribution < 1.29 is 19.1 Å². The van der Waals surface area contributed by atoms with Crippen LogP contribution in [0.2, 0.25) is 5.02 Å². The lowest BCUT2D eigenvalue weighted by Crippen LogP contribution is -2.58. The first kappa shape index (κ1) is 21.9. The Morgan fingerprint density at radius 2 is 2.08 bits per heavy atom. The molecule has 0 aliphatic rings. The molecule has 0 saturated carbocycles. The van der Waals surface area contributed by atoms with E-state index in [0.717, 1.165) is 3.57 Å². The maximum absolute atomic E-state index is 12.7. The van der Waals surface area contributed by atoms with Gasteiger partial charge in [0, 0.05) is 15.0 Å². The van der Waals surface area contributed by atoms with Crippen LogP contribution >= 0.6 is 34.2 Å². The minimum Gasteiger partial charge on any atom is -0.467 e. The fraction of sp³-hybridized carbons (Fsp3) is 0.444. The van der Waals surface area contributed by atoms with Gasteiger partial charge in [-0.05, 0) is 61.6 Å². The molecule has 1 aromatic rings. The molecule has 0 bridgehead atoms. The molecule has 0 saturated heterocycles. The minimum atomic E-state index is -1.46. The summed E-state index contributed by atoms with van der Waals surface area (Å²) in [6, 6.07) is 5.23. The lowest BCUT2D eigenvalue weighted by atomic mass is 9.87. The third kappa shape index (κ3) is 5.69. The Balaban J connectivity index is 3.48. The summed E-state index contributed by atoms with van der Waals surface area (Å²) in [6.45, 7) is 9.35. The van der Waals surface area contributed by atoms with Crippen molar-refractivity contribution in [2.24, 2.45) is 0 Å². The van der Waals surface area contributed by atoms with Crippen molar-refractivity contribution >= 4 is 52.1 Å². The van der Waals surface area contributed by atoms with E-state index in [9.17, 15) is 9.59 Å². The van der Waals surface area contributed by atoms with E-state index in [-0.39, 0.29) is 6.42 Å². The van der Waals surface area contributed by atoms with Gasteiger partial charge in [-0.25, -0.2) is 4.79 Å². The van der Waals surface area contributed by atoms with E-state index in [2.05, 4.69) is 34.5 Å². The van der Waals surface area contributed by atoms with Crippen LogP contribution in [0.3, 0.4) is 0 Å². The number of methoxy groups -OCH3 is 1. The van der Waals surface area contributed by atoms with Gasteiger partial charge in [-0.2, -0.15) is 0 Å². The molecule has 0 fully saturated rings. The molecule has 1 N–H and O–H groups in total. The molecule has 7 heteroatoms. The number of esters is 1. The van der Waals surface area contributed by atoms with E-state index in [1.54, 1.807) is 12.1 Å². The summed E-state index contributed by atoms with van der Waals surface area (Å²) < 4.78 is 11.8. The molecule has 1 rings (SSSR count). The third-order valence-corrected chi connectivity index (χ3v) is 4.60. The van der Waals surface area contributed by atoms with E-state index in [0.29, 0.717) is 17.0 Å². The quantitative estimate of drug-likeness (QED) is 0.262. The van der Waals surface area contributed by atoms with E-state index in [4.69, 9.17) is 21.1 Å². The molecular formula is C18H23ClINO4. The highest BCUT2D eigenvalue weighted by atomic mass is 127. The summed E-state index contributed by atoms with van der Waals surface area (Å²) >= 11 is 8.19. The zero-order valence-electron chi connectivity index (χ0n) is 14.8. The van der Waals surface area contributed by atoms with Crippen LogP contribution in [0.25, 0.3) is 0 Å². The largest absolute Gasteiger partial charge is 0.467 e. The number of carbonyl (C=O) groups excluding carboxylic acids is 2. The van der Waals surface area contributed by atoms with Gasteiger partial charge in [0.2, 0.25) is 0 Å². The highest BCUT2D eigenvalue weighted by Gasteiger charge is 2.48. The van der Waals surface area contributed by atoms with Crippen LogP contribution in [0.1, 0.15) is 27.2 Å². The summed E-state index contributed by atoms with van der Waals surface area (Å²) in [5.41, 5.74) is -1.43. The lowest BCUT2D eigenvalue weighted by Gasteiger charge is -2.40. The van der Waals surface area contributed by atoms with Gasteiger partial charge in [0.1, 0.15) is 12.4 Å². The summed E-state index contributed by atoms with van der Waals surface area (Å²) in [6.07, 6.45) is 1.19. The fourth-order valence-electron chi connectivity index (χ4n) is 2.37. The van der Waals surface area contributed by atoms with Gasteiger partial charge < -0.3 is 19.6 Å². The molecule has 5 nitrogen and oxygen atoms in total. The minimum absolute atomic E-state index is 0.158. The second-order valence-corrected chi connectivity index (χ2v) is 8.07. The number of rotatable bonds is 8. The number of aldehydes is 1. The van der Waals surface area contributed by atoms with Gasteiger partial charge in [-0.3, -0.25) is 0 Å². The lowest BCUT2D eigenvalue weighted by molar-refractivity contribution is -0.156. The summed E-state index contributed by atoms with van der Waals surface area (Å²) in [5, 5.41) is 3.63. The number of carbonyl (C=O) groups is 2. The van der Waals surface area contributed by atoms with Gasteiger partial charge in [-0.15, -0.1) is 6.58 Å². The van der Waals surface area contributed by atoms with Gasteiger partial charge in [-0.1, -0.05) is 17.7 Å². The topological polar surface area (TPSA) is 64.6 Å². The van der Waals surface area contributed by atoms with Crippen molar-refractivity contribution in [1.29, 1.82) is 0 Å². The normalized spacial score (nSPS) is 15.0. The number of anilines is 1. The number of hydrogen-bond donors (Lipinski definition) is 1. The number of ether oxygens (including phenoxy) is 2. The van der Waals surface area contributed by atoms with E-state index >= 15 is 0 Å². The smallest absolute Gasteiger partial charge is 0.335 e. The van der Waals surface area contributed by atoms with Crippen LogP contribution in [0.4, 0.5) is 5.69 Å². The van der Waals surface area contributed by atoms with E-state index < -0.39 is 23.2 Å². The standard InChI is InChI=1S/C18H23ClINO4/c1-6-15(25-17(2,3)4)18(9-10-22,16(23)24-5)21-14-11-12(19)7-8-13(14)20/h6-8,10-11,15,21H,1,9H2,2-5H3. The molecule has 138 valence electrons. The number of hydrogen-bond acceptors (Lipinski definition) is 5. The Kier molecular flexibility index (Phi) is 7.89. The second-order valence-electron chi connectivity index (χ2n) is 6.47. The molecule has 25 heavy (non-hydrogen) atoms. The molecular weight excluding hydrogens is 457 g/mol. The van der Waals surface area contributed by atoms with Crippen LogP contribution in [0.5, 0.6) is 0 Å². The average molecular weight is 480 g/mol. The molecule has 0 spiro atoms. The number of benzene rings is 1. The van der Waals surface area contributed by atoms with Crippen LogP contribution in [0, 0.1) is 3.57 Å². The van der Waals surface area contributed by atoms with Crippen molar-refractivity contribution in [1.82, 2.24) is 0 Å². The van der Waals surface area contributed by atoms with E-state index in [1.807, 2.05) is 26.8 Å². The van der Waals surface area contributed by atoms with Crippen LogP contribution < -0.4 is 5.32 Å². The Bertz CT molecular complexity index is 644. The van der Waals surface area contributed by atoms with Gasteiger partial charge in [0.05, 0.1) is 18.4 Å². The molecule has 0 aliphatic carbocycles. The van der Waals surface area contributed by atoms with Crippen LogP contribution in [0.15, 0.2) is 30.9 Å². The van der Waals surface area contributed by atoms with Crippen molar-refractivity contribution in [2.45, 2.75) is 44.4 Å². The number of halogens is 2. The predicted molar refractivity (Wildman–Crippen MR) is 108 cm³/mol. The van der Waals surface area contributed by atoms with Crippen LogP contribution in [-0.2, 0) is 19.1 Å². The molecule has 0 heterocycles. The maximum atomic E-state index is 12.7. The molecule has 0 aliphatic heterocycles. The molecule has 0 radical (unpaired) electrons. The van der Waals surface area contributed by atoms with Crippen molar-refractivity contribution in [3.63, 3.8) is 0 Å². The highest BCUT2D eigenvalue weighted by Crippen LogP contribution is 2.32.